The van der Waals surface area contributed by atoms with Crippen LogP contribution in [0.15, 0.2) is 12.1 Å². The zero-order valence-corrected chi connectivity index (χ0v) is 13.0. The van der Waals surface area contributed by atoms with Gasteiger partial charge in [0.05, 0.1) is 13.2 Å². The van der Waals surface area contributed by atoms with Gasteiger partial charge >= 0.3 is 0 Å². The van der Waals surface area contributed by atoms with Crippen LogP contribution in [0.4, 0.5) is 0 Å². The van der Waals surface area contributed by atoms with Crippen LogP contribution in [0.25, 0.3) is 0 Å². The lowest BCUT2D eigenvalue weighted by Crippen LogP contribution is -2.38. The zero-order valence-electron chi connectivity index (χ0n) is 12.2. The van der Waals surface area contributed by atoms with E-state index in [4.69, 9.17) is 16.3 Å². The van der Waals surface area contributed by atoms with Gasteiger partial charge in [-0.3, -0.25) is 9.59 Å². The third kappa shape index (κ3) is 6.55. The van der Waals surface area contributed by atoms with Crippen LogP contribution in [-0.4, -0.2) is 43.6 Å². The van der Waals surface area contributed by atoms with E-state index >= 15 is 0 Å². The normalized spacial score (nSPS) is 10.2. The number of amides is 2. The first-order chi connectivity index (χ1) is 10.1. The average molecular weight is 314 g/mol. The molecular formula is C14H20ClN3O3. The quantitative estimate of drug-likeness (QED) is 0.558. The Balaban J connectivity index is 2.53. The predicted molar refractivity (Wildman–Crippen MR) is 80.5 cm³/mol. The molecule has 0 unspecified atom stereocenters. The summed E-state index contributed by atoms with van der Waals surface area (Å²) in [6, 6.07) is 3.17. The maximum atomic E-state index is 12.0. The second-order valence-corrected chi connectivity index (χ2v) is 4.83. The van der Waals surface area contributed by atoms with E-state index in [-0.39, 0.29) is 23.5 Å². The maximum Gasteiger partial charge on any atom is 0.251 e. The van der Waals surface area contributed by atoms with Crippen LogP contribution < -0.4 is 10.6 Å². The Hall–Kier alpha value is -1.66. The summed E-state index contributed by atoms with van der Waals surface area (Å²) < 4.78 is 4.81. The maximum absolute atomic E-state index is 12.0. The van der Waals surface area contributed by atoms with Crippen molar-refractivity contribution in [3.05, 3.63) is 28.5 Å². The molecule has 1 aromatic rings. The summed E-state index contributed by atoms with van der Waals surface area (Å²) in [6.07, 6.45) is 1.66. The van der Waals surface area contributed by atoms with E-state index in [0.29, 0.717) is 18.7 Å². The fraction of sp³-hybridized carbons (Fsp3) is 0.500. The SMILES string of the molecule is CCCc1cc(C(=O)NCC(=O)NCCOC)cc(Cl)n1. The molecule has 0 fully saturated rings. The predicted octanol–water partition coefficient (Wildman–Crippen LogP) is 1.18. The number of aromatic nitrogens is 1. The number of carbonyl (C=O) groups is 2. The van der Waals surface area contributed by atoms with E-state index in [2.05, 4.69) is 15.6 Å². The molecule has 0 spiro atoms. The molecule has 0 aliphatic heterocycles. The van der Waals surface area contributed by atoms with E-state index in [0.717, 1.165) is 18.5 Å². The molecule has 0 atom stereocenters. The molecule has 0 bridgehead atoms. The Morgan fingerprint density at radius 1 is 1.33 bits per heavy atom. The van der Waals surface area contributed by atoms with E-state index in [9.17, 15) is 9.59 Å². The first-order valence-electron chi connectivity index (χ1n) is 6.77. The molecule has 0 radical (unpaired) electrons. The smallest absolute Gasteiger partial charge is 0.251 e. The molecule has 6 nitrogen and oxygen atoms in total. The summed E-state index contributed by atoms with van der Waals surface area (Å²) in [6.45, 7) is 2.77. The zero-order chi connectivity index (χ0) is 15.7. The summed E-state index contributed by atoms with van der Waals surface area (Å²) in [5, 5.41) is 5.43. The third-order valence-corrected chi connectivity index (χ3v) is 2.85. The summed E-state index contributed by atoms with van der Waals surface area (Å²) in [5.74, 6) is -0.618. The van der Waals surface area contributed by atoms with Crippen LogP contribution in [0.2, 0.25) is 5.15 Å². The van der Waals surface area contributed by atoms with Crippen molar-refractivity contribution in [2.45, 2.75) is 19.8 Å². The molecule has 0 aliphatic rings. The Bertz CT molecular complexity index is 494. The highest BCUT2D eigenvalue weighted by Gasteiger charge is 2.10. The van der Waals surface area contributed by atoms with E-state index in [1.54, 1.807) is 13.2 Å². The molecule has 1 heterocycles. The number of methoxy groups -OCH3 is 1. The second-order valence-electron chi connectivity index (χ2n) is 4.45. The molecule has 0 saturated carbocycles. The lowest BCUT2D eigenvalue weighted by Gasteiger charge is -2.08. The number of ether oxygens (including phenoxy) is 1. The van der Waals surface area contributed by atoms with Crippen LogP contribution in [0.5, 0.6) is 0 Å². The van der Waals surface area contributed by atoms with Crippen LogP contribution in [0.3, 0.4) is 0 Å². The minimum Gasteiger partial charge on any atom is -0.383 e. The molecular weight excluding hydrogens is 294 g/mol. The molecule has 1 aromatic heterocycles. The first kappa shape index (κ1) is 17.4. The monoisotopic (exact) mass is 313 g/mol. The first-order valence-corrected chi connectivity index (χ1v) is 7.15. The molecule has 0 aliphatic carbocycles. The largest absolute Gasteiger partial charge is 0.383 e. The van der Waals surface area contributed by atoms with Crippen LogP contribution in [0, 0.1) is 0 Å². The fourth-order valence-corrected chi connectivity index (χ4v) is 1.91. The van der Waals surface area contributed by atoms with Gasteiger partial charge in [0.25, 0.3) is 5.91 Å². The molecule has 7 heteroatoms. The van der Waals surface area contributed by atoms with Crippen molar-refractivity contribution in [3.8, 4) is 0 Å². The van der Waals surface area contributed by atoms with Gasteiger partial charge in [-0.25, -0.2) is 4.98 Å². The minimum absolute atomic E-state index is 0.0917. The van der Waals surface area contributed by atoms with Crippen molar-refractivity contribution in [2.75, 3.05) is 26.8 Å². The number of pyridine rings is 1. The van der Waals surface area contributed by atoms with Gasteiger partial charge in [-0.2, -0.15) is 0 Å². The summed E-state index contributed by atoms with van der Waals surface area (Å²) >= 11 is 5.89. The highest BCUT2D eigenvalue weighted by atomic mass is 35.5. The van der Waals surface area contributed by atoms with Gasteiger partial charge in [0.2, 0.25) is 5.91 Å². The number of aryl methyl sites for hydroxylation is 1. The lowest BCUT2D eigenvalue weighted by molar-refractivity contribution is -0.120. The highest BCUT2D eigenvalue weighted by molar-refractivity contribution is 6.29. The molecule has 21 heavy (non-hydrogen) atoms. The molecule has 116 valence electrons. The Labute approximate surface area is 129 Å². The Kier molecular flexibility index (Phi) is 7.71. The van der Waals surface area contributed by atoms with Crippen molar-refractivity contribution >= 4 is 23.4 Å². The van der Waals surface area contributed by atoms with Gasteiger partial charge in [-0.15, -0.1) is 0 Å². The second kappa shape index (κ2) is 9.31. The van der Waals surface area contributed by atoms with E-state index in [1.165, 1.54) is 6.07 Å². The topological polar surface area (TPSA) is 80.3 Å². The van der Waals surface area contributed by atoms with Crippen molar-refractivity contribution in [3.63, 3.8) is 0 Å². The average Bonchev–Trinajstić information content (AvgIpc) is 2.44. The minimum atomic E-state index is -0.349. The van der Waals surface area contributed by atoms with Gasteiger partial charge < -0.3 is 15.4 Å². The van der Waals surface area contributed by atoms with Gasteiger partial charge in [-0.05, 0) is 18.6 Å². The molecule has 0 aromatic carbocycles. The van der Waals surface area contributed by atoms with Crippen LogP contribution in [-0.2, 0) is 16.0 Å². The Morgan fingerprint density at radius 3 is 2.76 bits per heavy atom. The van der Waals surface area contributed by atoms with Crippen molar-refractivity contribution in [1.29, 1.82) is 0 Å². The van der Waals surface area contributed by atoms with Gasteiger partial charge in [0, 0.05) is 24.9 Å². The Morgan fingerprint density at radius 2 is 2.10 bits per heavy atom. The van der Waals surface area contributed by atoms with Crippen molar-refractivity contribution < 1.29 is 14.3 Å². The summed E-state index contributed by atoms with van der Waals surface area (Å²) in [7, 11) is 1.55. The molecule has 2 N–H and O–H groups in total. The molecule has 0 saturated heterocycles. The summed E-state index contributed by atoms with van der Waals surface area (Å²) in [4.78, 5) is 27.6. The molecule has 2 amide bonds. The number of nitrogens with zero attached hydrogens (tertiary/aromatic N) is 1. The van der Waals surface area contributed by atoms with Crippen molar-refractivity contribution in [2.24, 2.45) is 0 Å². The summed E-state index contributed by atoms with van der Waals surface area (Å²) in [5.41, 5.74) is 1.17. The lowest BCUT2D eigenvalue weighted by atomic mass is 10.1. The standard InChI is InChI=1S/C14H20ClN3O3/c1-3-4-11-7-10(8-12(15)18-11)14(20)17-9-13(19)16-5-6-21-2/h7-8H,3-6,9H2,1-2H3,(H,16,19)(H,17,20). The van der Waals surface area contributed by atoms with Crippen LogP contribution in [0.1, 0.15) is 29.4 Å². The van der Waals surface area contributed by atoms with Gasteiger partial charge in [0.1, 0.15) is 5.15 Å². The fourth-order valence-electron chi connectivity index (χ4n) is 1.68. The van der Waals surface area contributed by atoms with Crippen LogP contribution >= 0.6 is 11.6 Å². The van der Waals surface area contributed by atoms with E-state index < -0.39 is 0 Å². The number of carbonyl (C=O) groups excluding carboxylic acids is 2. The van der Waals surface area contributed by atoms with Gasteiger partial charge in [-0.1, -0.05) is 24.9 Å². The number of hydrogen-bond donors (Lipinski definition) is 2. The van der Waals surface area contributed by atoms with Crippen molar-refractivity contribution in [1.82, 2.24) is 15.6 Å². The van der Waals surface area contributed by atoms with E-state index in [1.807, 2.05) is 6.92 Å². The van der Waals surface area contributed by atoms with Gasteiger partial charge in [0.15, 0.2) is 0 Å². The molecule has 1 rings (SSSR count). The number of hydrogen-bond acceptors (Lipinski definition) is 4. The third-order valence-electron chi connectivity index (χ3n) is 2.65. The number of halogens is 1. The number of rotatable bonds is 8. The number of nitrogens with one attached hydrogen (secondary N) is 2. The highest BCUT2D eigenvalue weighted by Crippen LogP contribution is 2.12.